The quantitative estimate of drug-likeness (QED) is 0.714. The van der Waals surface area contributed by atoms with E-state index in [0.717, 1.165) is 0 Å². The minimum Gasteiger partial charge on any atom is -0.390 e. The lowest BCUT2D eigenvalue weighted by atomic mass is 9.69. The van der Waals surface area contributed by atoms with Crippen LogP contribution in [-0.4, -0.2) is 10.7 Å². The minimum absolute atomic E-state index is 0.322. The Labute approximate surface area is 83.5 Å². The van der Waals surface area contributed by atoms with Crippen LogP contribution in [0.5, 0.6) is 0 Å². The zero-order valence-electron chi connectivity index (χ0n) is 10.3. The molecule has 1 unspecified atom stereocenters. The molecule has 13 heavy (non-hydrogen) atoms. The summed E-state index contributed by atoms with van der Waals surface area (Å²) in [5, 5.41) is 10.4. The number of rotatable bonds is 4. The van der Waals surface area contributed by atoms with Crippen molar-refractivity contribution in [3.05, 3.63) is 0 Å². The molecule has 0 aliphatic heterocycles. The van der Waals surface area contributed by atoms with E-state index >= 15 is 0 Å². The third-order valence-electron chi connectivity index (χ3n) is 3.28. The lowest BCUT2D eigenvalue weighted by molar-refractivity contribution is -0.0763. The molecular formula is C12H26O. The molecular weight excluding hydrogens is 160 g/mol. The third-order valence-corrected chi connectivity index (χ3v) is 3.28. The molecule has 0 fully saturated rings. The van der Waals surface area contributed by atoms with Crippen molar-refractivity contribution in [2.24, 2.45) is 23.7 Å². The average Bonchev–Trinajstić information content (AvgIpc) is 1.82. The van der Waals surface area contributed by atoms with Gasteiger partial charge < -0.3 is 5.11 Å². The zero-order valence-corrected chi connectivity index (χ0v) is 10.3. The first-order valence-corrected chi connectivity index (χ1v) is 5.43. The van der Waals surface area contributed by atoms with Gasteiger partial charge in [-0.25, -0.2) is 0 Å². The molecule has 0 amide bonds. The molecule has 0 aliphatic rings. The van der Waals surface area contributed by atoms with Crippen LogP contribution in [0.1, 0.15) is 48.5 Å². The molecule has 0 heterocycles. The van der Waals surface area contributed by atoms with Gasteiger partial charge in [-0.3, -0.25) is 0 Å². The summed E-state index contributed by atoms with van der Waals surface area (Å²) in [5.41, 5.74) is -0.539. The zero-order chi connectivity index (χ0) is 10.8. The molecule has 0 spiro atoms. The molecule has 0 bridgehead atoms. The van der Waals surface area contributed by atoms with Crippen molar-refractivity contribution in [1.82, 2.24) is 0 Å². The maximum Gasteiger partial charge on any atom is 0.0675 e. The number of hydrogen-bond acceptors (Lipinski definition) is 1. The molecule has 0 rings (SSSR count). The van der Waals surface area contributed by atoms with E-state index in [-0.39, 0.29) is 0 Å². The van der Waals surface area contributed by atoms with Crippen molar-refractivity contribution >= 4 is 0 Å². The van der Waals surface area contributed by atoms with Crippen molar-refractivity contribution in [1.29, 1.82) is 0 Å². The molecule has 1 N–H and O–H groups in total. The van der Waals surface area contributed by atoms with Crippen LogP contribution in [0.25, 0.3) is 0 Å². The molecule has 0 saturated heterocycles. The molecule has 80 valence electrons. The van der Waals surface area contributed by atoms with Crippen molar-refractivity contribution in [2.75, 3.05) is 0 Å². The van der Waals surface area contributed by atoms with Gasteiger partial charge in [0.1, 0.15) is 0 Å². The Morgan fingerprint density at radius 2 is 1.15 bits per heavy atom. The second kappa shape index (κ2) is 4.45. The van der Waals surface area contributed by atoms with Crippen LogP contribution in [0.3, 0.4) is 0 Å². The first-order chi connectivity index (χ1) is 5.71. The predicted molar refractivity (Wildman–Crippen MR) is 58.6 cm³/mol. The third kappa shape index (κ3) is 2.98. The fourth-order valence-corrected chi connectivity index (χ4v) is 2.50. The van der Waals surface area contributed by atoms with Crippen LogP contribution in [-0.2, 0) is 0 Å². The molecule has 0 aromatic rings. The van der Waals surface area contributed by atoms with E-state index in [4.69, 9.17) is 0 Å². The summed E-state index contributed by atoms with van der Waals surface area (Å²) in [6.45, 7) is 14.9. The van der Waals surface area contributed by atoms with E-state index in [9.17, 15) is 5.11 Å². The van der Waals surface area contributed by atoms with E-state index in [0.29, 0.717) is 23.7 Å². The maximum absolute atomic E-state index is 10.4. The second-order valence-corrected chi connectivity index (χ2v) is 5.39. The summed E-state index contributed by atoms with van der Waals surface area (Å²) in [6.07, 6.45) is 0. The van der Waals surface area contributed by atoms with Gasteiger partial charge in [0, 0.05) is 0 Å². The fraction of sp³-hybridized carbons (Fsp3) is 1.00. The van der Waals surface area contributed by atoms with E-state index in [1.54, 1.807) is 0 Å². The largest absolute Gasteiger partial charge is 0.390 e. The molecule has 0 radical (unpaired) electrons. The SMILES string of the molecule is CC(C)C(C(C)C)C(C)(O)C(C)C. The molecule has 0 aromatic heterocycles. The highest BCUT2D eigenvalue weighted by molar-refractivity contribution is 4.88. The standard InChI is InChI=1S/C12H26O/c1-8(2)11(9(3)4)12(7,13)10(5)6/h8-11,13H,1-7H3. The first-order valence-electron chi connectivity index (χ1n) is 5.43. The van der Waals surface area contributed by atoms with Gasteiger partial charge in [-0.2, -0.15) is 0 Å². The van der Waals surface area contributed by atoms with Crippen LogP contribution in [0, 0.1) is 23.7 Å². The summed E-state index contributed by atoms with van der Waals surface area (Å²) in [7, 11) is 0. The lowest BCUT2D eigenvalue weighted by Gasteiger charge is -2.41. The van der Waals surface area contributed by atoms with E-state index in [1.165, 1.54) is 0 Å². The van der Waals surface area contributed by atoms with Gasteiger partial charge in [0.15, 0.2) is 0 Å². The highest BCUT2D eigenvalue weighted by Crippen LogP contribution is 2.36. The summed E-state index contributed by atoms with van der Waals surface area (Å²) < 4.78 is 0. The molecule has 1 nitrogen and oxygen atoms in total. The van der Waals surface area contributed by atoms with Crippen LogP contribution in [0.4, 0.5) is 0 Å². The van der Waals surface area contributed by atoms with Crippen molar-refractivity contribution in [3.8, 4) is 0 Å². The average molecular weight is 186 g/mol. The van der Waals surface area contributed by atoms with Gasteiger partial charge in [0.2, 0.25) is 0 Å². The second-order valence-electron chi connectivity index (χ2n) is 5.39. The Morgan fingerprint density at radius 1 is 0.846 bits per heavy atom. The monoisotopic (exact) mass is 186 g/mol. The molecule has 0 saturated carbocycles. The number of aliphatic hydroxyl groups is 1. The Morgan fingerprint density at radius 3 is 1.23 bits per heavy atom. The van der Waals surface area contributed by atoms with Crippen LogP contribution >= 0.6 is 0 Å². The highest BCUT2D eigenvalue weighted by Gasteiger charge is 2.38. The molecule has 0 aromatic carbocycles. The summed E-state index contributed by atoms with van der Waals surface area (Å²) in [5.74, 6) is 1.78. The maximum atomic E-state index is 10.4. The van der Waals surface area contributed by atoms with E-state index < -0.39 is 5.60 Å². The summed E-state index contributed by atoms with van der Waals surface area (Å²) in [6, 6.07) is 0. The summed E-state index contributed by atoms with van der Waals surface area (Å²) >= 11 is 0. The first kappa shape index (κ1) is 13.0. The van der Waals surface area contributed by atoms with Crippen LogP contribution in [0.2, 0.25) is 0 Å². The van der Waals surface area contributed by atoms with Crippen molar-refractivity contribution in [2.45, 2.75) is 54.1 Å². The van der Waals surface area contributed by atoms with Gasteiger partial charge in [-0.05, 0) is 30.6 Å². The van der Waals surface area contributed by atoms with Crippen molar-refractivity contribution in [3.63, 3.8) is 0 Å². The highest BCUT2D eigenvalue weighted by atomic mass is 16.3. The predicted octanol–water partition coefficient (Wildman–Crippen LogP) is 3.32. The van der Waals surface area contributed by atoms with E-state index in [1.807, 2.05) is 6.92 Å². The lowest BCUT2D eigenvalue weighted by Crippen LogP contribution is -2.45. The van der Waals surface area contributed by atoms with Gasteiger partial charge in [0.25, 0.3) is 0 Å². The Bertz CT molecular complexity index is 137. The molecule has 0 aliphatic carbocycles. The van der Waals surface area contributed by atoms with Crippen LogP contribution in [0.15, 0.2) is 0 Å². The number of hydrogen-bond donors (Lipinski definition) is 1. The van der Waals surface area contributed by atoms with Crippen LogP contribution < -0.4 is 0 Å². The normalized spacial score (nSPS) is 17.5. The van der Waals surface area contributed by atoms with Gasteiger partial charge >= 0.3 is 0 Å². The fourth-order valence-electron chi connectivity index (χ4n) is 2.50. The Kier molecular flexibility index (Phi) is 4.44. The minimum atomic E-state index is -0.539. The van der Waals surface area contributed by atoms with Gasteiger partial charge in [0.05, 0.1) is 5.60 Å². The smallest absolute Gasteiger partial charge is 0.0675 e. The Balaban J connectivity index is 4.73. The molecule has 1 heteroatoms. The summed E-state index contributed by atoms with van der Waals surface area (Å²) in [4.78, 5) is 0. The van der Waals surface area contributed by atoms with Gasteiger partial charge in [-0.15, -0.1) is 0 Å². The van der Waals surface area contributed by atoms with Gasteiger partial charge in [-0.1, -0.05) is 41.5 Å². The topological polar surface area (TPSA) is 20.2 Å². The molecule has 1 atom stereocenters. The van der Waals surface area contributed by atoms with Crippen molar-refractivity contribution < 1.29 is 5.11 Å². The van der Waals surface area contributed by atoms with E-state index in [2.05, 4.69) is 41.5 Å². The Hall–Kier alpha value is -0.0400.